The van der Waals surface area contributed by atoms with Crippen molar-refractivity contribution in [1.82, 2.24) is 24.8 Å². The summed E-state index contributed by atoms with van der Waals surface area (Å²) >= 11 is 0. The van der Waals surface area contributed by atoms with Gasteiger partial charge in [0.1, 0.15) is 5.82 Å². The first kappa shape index (κ1) is 18.6. The van der Waals surface area contributed by atoms with E-state index in [1.807, 2.05) is 38.5 Å². The Morgan fingerprint density at radius 2 is 1.79 bits per heavy atom. The predicted octanol–water partition coefficient (Wildman–Crippen LogP) is 2.47. The third-order valence-corrected chi connectivity index (χ3v) is 5.65. The molecule has 0 bridgehead atoms. The maximum Gasteiger partial charge on any atom is 0.251 e. The summed E-state index contributed by atoms with van der Waals surface area (Å²) in [6, 6.07) is 4.20. The zero-order chi connectivity index (χ0) is 19.7. The predicted molar refractivity (Wildman–Crippen MR) is 111 cm³/mol. The van der Waals surface area contributed by atoms with Gasteiger partial charge in [0.25, 0.3) is 5.56 Å². The van der Waals surface area contributed by atoms with Crippen molar-refractivity contribution in [2.24, 2.45) is 0 Å². The molecule has 1 aliphatic heterocycles. The Bertz CT molecular complexity index is 1020. The molecule has 7 heteroatoms. The highest BCUT2D eigenvalue weighted by molar-refractivity contribution is 5.75. The van der Waals surface area contributed by atoms with Crippen LogP contribution in [0.5, 0.6) is 0 Å². The highest BCUT2D eigenvalue weighted by Gasteiger charge is 2.23. The highest BCUT2D eigenvalue weighted by atomic mass is 16.1. The summed E-state index contributed by atoms with van der Waals surface area (Å²) in [5, 5.41) is 0. The van der Waals surface area contributed by atoms with Crippen LogP contribution in [-0.2, 0) is 6.42 Å². The minimum absolute atomic E-state index is 0.0180. The molecule has 3 aromatic heterocycles. The summed E-state index contributed by atoms with van der Waals surface area (Å²) in [5.41, 5.74) is 4.61. The number of fused-ring (bicyclic) bond motifs is 1. The number of pyridine rings is 2. The van der Waals surface area contributed by atoms with Gasteiger partial charge in [-0.3, -0.25) is 14.7 Å². The lowest BCUT2D eigenvalue weighted by atomic mass is 10.1. The lowest BCUT2D eigenvalue weighted by molar-refractivity contribution is 0.198. The van der Waals surface area contributed by atoms with Crippen LogP contribution in [0.3, 0.4) is 0 Å². The second-order valence-electron chi connectivity index (χ2n) is 7.37. The second-order valence-corrected chi connectivity index (χ2v) is 7.37. The molecular formula is C21H26N6O. The fourth-order valence-electron chi connectivity index (χ4n) is 3.76. The monoisotopic (exact) mass is 378 g/mol. The number of H-pyrrole nitrogens is 1. The first-order valence-corrected chi connectivity index (χ1v) is 9.84. The molecule has 1 atom stereocenters. The van der Waals surface area contributed by atoms with Crippen molar-refractivity contribution in [3.8, 4) is 0 Å². The van der Waals surface area contributed by atoms with Gasteiger partial charge in [0.2, 0.25) is 0 Å². The topological polar surface area (TPSA) is 78.0 Å². The maximum absolute atomic E-state index is 12.1. The summed E-state index contributed by atoms with van der Waals surface area (Å²) in [4.78, 5) is 33.1. The quantitative estimate of drug-likeness (QED) is 0.751. The molecule has 3 aromatic rings. The molecule has 0 radical (unpaired) electrons. The van der Waals surface area contributed by atoms with Crippen LogP contribution in [0.4, 0.5) is 5.69 Å². The van der Waals surface area contributed by atoms with Crippen molar-refractivity contribution in [1.29, 1.82) is 0 Å². The van der Waals surface area contributed by atoms with E-state index >= 15 is 0 Å². The molecule has 1 fully saturated rings. The Kier molecular flexibility index (Phi) is 5.09. The number of aromatic amines is 1. The van der Waals surface area contributed by atoms with E-state index in [2.05, 4.69) is 42.7 Å². The number of aryl methyl sites for hydroxylation is 2. The molecular weight excluding hydrogens is 352 g/mol. The van der Waals surface area contributed by atoms with Gasteiger partial charge in [-0.15, -0.1) is 0 Å². The molecule has 146 valence electrons. The maximum atomic E-state index is 12.1. The summed E-state index contributed by atoms with van der Waals surface area (Å²) in [6.07, 6.45) is 6.44. The zero-order valence-corrected chi connectivity index (χ0v) is 16.6. The Balaban J connectivity index is 1.48. The van der Waals surface area contributed by atoms with E-state index in [9.17, 15) is 4.79 Å². The molecule has 7 nitrogen and oxygen atoms in total. The largest absolute Gasteiger partial charge is 0.366 e. The van der Waals surface area contributed by atoms with E-state index in [0.717, 1.165) is 59.9 Å². The Morgan fingerprint density at radius 1 is 1.07 bits per heavy atom. The van der Waals surface area contributed by atoms with Crippen molar-refractivity contribution < 1.29 is 0 Å². The van der Waals surface area contributed by atoms with E-state index < -0.39 is 0 Å². The average molecular weight is 378 g/mol. The number of hydrogen-bond donors (Lipinski definition) is 1. The standard InChI is InChI=1S/C21H26N6O/c1-4-16-9-19-20(25-21(16)28)10-17(11-24-19)14(2)26-5-7-27(8-6-26)18-12-22-15(3)23-13-18/h9-14H,4-8H2,1-3H3,(H,25,28). The van der Waals surface area contributed by atoms with Gasteiger partial charge >= 0.3 is 0 Å². The summed E-state index contributed by atoms with van der Waals surface area (Å²) in [6.45, 7) is 9.87. The number of piperazine rings is 1. The van der Waals surface area contributed by atoms with Gasteiger partial charge in [0.05, 0.1) is 29.1 Å². The van der Waals surface area contributed by atoms with E-state index in [4.69, 9.17) is 0 Å². The van der Waals surface area contributed by atoms with E-state index in [1.54, 1.807) is 0 Å². The molecule has 0 saturated carbocycles. The third kappa shape index (κ3) is 3.62. The van der Waals surface area contributed by atoms with Crippen LogP contribution in [0.15, 0.2) is 35.5 Å². The number of aromatic nitrogens is 4. The van der Waals surface area contributed by atoms with Crippen LogP contribution >= 0.6 is 0 Å². The second kappa shape index (κ2) is 7.67. The minimum atomic E-state index is -0.0180. The molecule has 0 spiro atoms. The van der Waals surface area contributed by atoms with Gasteiger partial charge in [-0.05, 0) is 38.0 Å². The van der Waals surface area contributed by atoms with Crippen molar-refractivity contribution in [2.45, 2.75) is 33.2 Å². The molecule has 0 aliphatic carbocycles. The fourth-order valence-corrected chi connectivity index (χ4v) is 3.76. The van der Waals surface area contributed by atoms with Crippen LogP contribution < -0.4 is 10.5 Å². The van der Waals surface area contributed by atoms with Gasteiger partial charge in [-0.1, -0.05) is 6.92 Å². The van der Waals surface area contributed by atoms with Gasteiger partial charge in [-0.2, -0.15) is 0 Å². The SMILES string of the molecule is CCc1cc2ncc(C(C)N3CCN(c4cnc(C)nc4)CC3)cc2[nH]c1=O. The third-order valence-electron chi connectivity index (χ3n) is 5.65. The Hall–Kier alpha value is -2.80. The molecule has 1 aliphatic rings. The number of rotatable bonds is 4. The van der Waals surface area contributed by atoms with Crippen LogP contribution in [0.2, 0.25) is 0 Å². The molecule has 4 rings (SSSR count). The van der Waals surface area contributed by atoms with Crippen LogP contribution in [0.25, 0.3) is 11.0 Å². The first-order valence-electron chi connectivity index (χ1n) is 9.84. The van der Waals surface area contributed by atoms with Crippen molar-refractivity contribution in [2.75, 3.05) is 31.1 Å². The minimum Gasteiger partial charge on any atom is -0.366 e. The zero-order valence-electron chi connectivity index (χ0n) is 16.6. The smallest absolute Gasteiger partial charge is 0.251 e. The molecule has 0 amide bonds. The lowest BCUT2D eigenvalue weighted by Crippen LogP contribution is -2.47. The number of nitrogens with zero attached hydrogens (tertiary/aromatic N) is 5. The van der Waals surface area contributed by atoms with Crippen molar-refractivity contribution in [3.63, 3.8) is 0 Å². The normalized spacial score (nSPS) is 16.5. The number of anilines is 1. The highest BCUT2D eigenvalue weighted by Crippen LogP contribution is 2.24. The average Bonchev–Trinajstić information content (AvgIpc) is 2.73. The van der Waals surface area contributed by atoms with E-state index in [1.165, 1.54) is 0 Å². The molecule has 1 unspecified atom stereocenters. The first-order chi connectivity index (χ1) is 13.5. The molecule has 1 N–H and O–H groups in total. The number of nitrogens with one attached hydrogen (secondary N) is 1. The summed E-state index contributed by atoms with van der Waals surface area (Å²) in [7, 11) is 0. The summed E-state index contributed by atoms with van der Waals surface area (Å²) < 4.78 is 0. The Morgan fingerprint density at radius 3 is 2.46 bits per heavy atom. The molecule has 4 heterocycles. The van der Waals surface area contributed by atoms with Gasteiger partial charge in [-0.25, -0.2) is 9.97 Å². The van der Waals surface area contributed by atoms with Crippen molar-refractivity contribution >= 4 is 16.7 Å². The van der Waals surface area contributed by atoms with Gasteiger partial charge in [0, 0.05) is 44.0 Å². The van der Waals surface area contributed by atoms with E-state index in [0.29, 0.717) is 6.42 Å². The summed E-state index contributed by atoms with van der Waals surface area (Å²) in [5.74, 6) is 0.795. The van der Waals surface area contributed by atoms with Gasteiger partial charge < -0.3 is 9.88 Å². The fraction of sp³-hybridized carbons (Fsp3) is 0.429. The molecule has 28 heavy (non-hydrogen) atoms. The van der Waals surface area contributed by atoms with E-state index in [-0.39, 0.29) is 11.6 Å². The van der Waals surface area contributed by atoms with Gasteiger partial charge in [0.15, 0.2) is 0 Å². The van der Waals surface area contributed by atoms with Crippen LogP contribution in [-0.4, -0.2) is 51.0 Å². The lowest BCUT2D eigenvalue weighted by Gasteiger charge is -2.39. The van der Waals surface area contributed by atoms with Crippen molar-refractivity contribution in [3.05, 3.63) is 58.0 Å². The number of hydrogen-bond acceptors (Lipinski definition) is 6. The van der Waals surface area contributed by atoms with Crippen LogP contribution in [0, 0.1) is 6.92 Å². The Labute approximate surface area is 164 Å². The molecule has 0 aromatic carbocycles. The molecule has 1 saturated heterocycles. The van der Waals surface area contributed by atoms with Crippen LogP contribution in [0.1, 0.15) is 36.8 Å².